The number of amides is 1. The number of benzene rings is 1. The summed E-state index contributed by atoms with van der Waals surface area (Å²) in [5, 5.41) is 3.68. The predicted octanol–water partition coefficient (Wildman–Crippen LogP) is 2.82. The number of nitrogens with one attached hydrogen (secondary N) is 1. The monoisotopic (exact) mass is 461 g/mol. The minimum Gasteiger partial charge on any atom is -0.383 e. The van der Waals surface area contributed by atoms with Crippen LogP contribution in [0.2, 0.25) is 5.15 Å². The van der Waals surface area contributed by atoms with Crippen LogP contribution in [0.1, 0.15) is 5.56 Å². The molecule has 0 saturated carbocycles. The first kappa shape index (κ1) is 23.5. The molecule has 0 unspecified atom stereocenters. The lowest BCUT2D eigenvalue weighted by molar-refractivity contribution is -0.118. The quantitative estimate of drug-likeness (QED) is 0.252. The fraction of sp³-hybridized carbons (Fsp3) is 0.409. The molecule has 1 aromatic carbocycles. The third-order valence-corrected chi connectivity index (χ3v) is 5.83. The zero-order chi connectivity index (χ0) is 21.9. The number of rotatable bonds is 10. The van der Waals surface area contributed by atoms with Crippen LogP contribution in [0.3, 0.4) is 0 Å². The highest BCUT2D eigenvalue weighted by molar-refractivity contribution is 7.99. The Balaban J connectivity index is 1.47. The van der Waals surface area contributed by atoms with Crippen LogP contribution in [0.4, 0.5) is 5.82 Å². The van der Waals surface area contributed by atoms with Gasteiger partial charge in [0.2, 0.25) is 5.91 Å². The highest BCUT2D eigenvalue weighted by Crippen LogP contribution is 2.22. The smallest absolute Gasteiger partial charge is 0.230 e. The van der Waals surface area contributed by atoms with E-state index < -0.39 is 0 Å². The Hall–Kier alpha value is -2.13. The van der Waals surface area contributed by atoms with E-state index in [2.05, 4.69) is 49.4 Å². The van der Waals surface area contributed by atoms with E-state index in [-0.39, 0.29) is 11.7 Å². The third-order valence-electron chi connectivity index (χ3n) is 4.79. The molecule has 2 heterocycles. The van der Waals surface area contributed by atoms with Gasteiger partial charge in [-0.2, -0.15) is 0 Å². The predicted molar refractivity (Wildman–Crippen MR) is 127 cm³/mol. The zero-order valence-electron chi connectivity index (χ0n) is 17.7. The lowest BCUT2D eigenvalue weighted by Crippen LogP contribution is -2.46. The molecule has 3 rings (SSSR count). The molecular weight excluding hydrogens is 434 g/mol. The van der Waals surface area contributed by atoms with Crippen LogP contribution in [-0.4, -0.2) is 79.5 Å². The first-order chi connectivity index (χ1) is 15.1. The lowest BCUT2D eigenvalue weighted by Gasteiger charge is -2.35. The van der Waals surface area contributed by atoms with Gasteiger partial charge in [-0.1, -0.05) is 65.8 Å². The molecule has 1 aliphatic rings. The maximum atomic E-state index is 11.9. The van der Waals surface area contributed by atoms with Crippen LogP contribution in [-0.2, 0) is 9.53 Å². The molecule has 7 nitrogen and oxygen atoms in total. The van der Waals surface area contributed by atoms with Crippen molar-refractivity contribution in [3.8, 4) is 0 Å². The van der Waals surface area contributed by atoms with Crippen LogP contribution < -0.4 is 10.2 Å². The van der Waals surface area contributed by atoms with Crippen LogP contribution in [0, 0.1) is 0 Å². The second-order valence-corrected chi connectivity index (χ2v) is 8.39. The maximum Gasteiger partial charge on any atom is 0.230 e. The summed E-state index contributed by atoms with van der Waals surface area (Å²) in [6.07, 6.45) is 4.37. The topological polar surface area (TPSA) is 70.6 Å². The van der Waals surface area contributed by atoms with Crippen LogP contribution in [0.25, 0.3) is 6.08 Å². The van der Waals surface area contributed by atoms with E-state index in [4.69, 9.17) is 16.3 Å². The molecule has 1 N–H and O–H groups in total. The van der Waals surface area contributed by atoms with Crippen molar-refractivity contribution >= 4 is 41.2 Å². The van der Waals surface area contributed by atoms with Gasteiger partial charge in [-0.05, 0) is 5.56 Å². The van der Waals surface area contributed by atoms with E-state index in [1.54, 1.807) is 13.2 Å². The molecule has 1 aromatic heterocycles. The molecule has 0 bridgehead atoms. The minimum atomic E-state index is -0.0793. The largest absolute Gasteiger partial charge is 0.383 e. The Morgan fingerprint density at radius 3 is 2.74 bits per heavy atom. The first-order valence-corrected chi connectivity index (χ1v) is 11.6. The fourth-order valence-corrected chi connectivity index (χ4v) is 4.06. The van der Waals surface area contributed by atoms with Crippen molar-refractivity contribution in [3.05, 3.63) is 53.2 Å². The van der Waals surface area contributed by atoms with Gasteiger partial charge in [0.15, 0.2) is 5.16 Å². The van der Waals surface area contributed by atoms with Crippen molar-refractivity contribution in [2.24, 2.45) is 0 Å². The number of aromatic nitrogens is 2. The molecule has 1 amide bonds. The summed E-state index contributed by atoms with van der Waals surface area (Å²) in [6.45, 7) is 5.54. The van der Waals surface area contributed by atoms with Crippen molar-refractivity contribution < 1.29 is 9.53 Å². The Morgan fingerprint density at radius 2 is 2.00 bits per heavy atom. The van der Waals surface area contributed by atoms with Crippen LogP contribution in [0.15, 0.2) is 47.6 Å². The number of carbonyl (C=O) groups excluding carboxylic acids is 1. The molecular formula is C22H28ClN5O2S. The van der Waals surface area contributed by atoms with Gasteiger partial charge in [0, 0.05) is 52.4 Å². The molecule has 0 radical (unpaired) electrons. The van der Waals surface area contributed by atoms with Crippen molar-refractivity contribution in [2.45, 2.75) is 5.16 Å². The van der Waals surface area contributed by atoms with Crippen molar-refractivity contribution in [2.75, 3.05) is 63.6 Å². The highest BCUT2D eigenvalue weighted by atomic mass is 35.5. The van der Waals surface area contributed by atoms with Crippen molar-refractivity contribution in [1.29, 1.82) is 0 Å². The van der Waals surface area contributed by atoms with Gasteiger partial charge in [0.05, 0.1) is 12.4 Å². The van der Waals surface area contributed by atoms with Crippen LogP contribution >= 0.6 is 23.4 Å². The maximum absolute atomic E-state index is 11.9. The van der Waals surface area contributed by atoms with Gasteiger partial charge in [0.1, 0.15) is 11.0 Å². The second kappa shape index (κ2) is 12.7. The van der Waals surface area contributed by atoms with Crippen molar-refractivity contribution in [1.82, 2.24) is 20.2 Å². The second-order valence-electron chi connectivity index (χ2n) is 7.06. The Kier molecular flexibility index (Phi) is 9.61. The summed E-state index contributed by atoms with van der Waals surface area (Å²) < 4.78 is 4.93. The number of halogens is 1. The van der Waals surface area contributed by atoms with Gasteiger partial charge in [-0.25, -0.2) is 9.97 Å². The van der Waals surface area contributed by atoms with Gasteiger partial charge < -0.3 is 15.0 Å². The fourth-order valence-electron chi connectivity index (χ4n) is 3.15. The molecule has 1 aliphatic heterocycles. The number of hydrogen-bond acceptors (Lipinski definition) is 7. The number of nitrogens with zero attached hydrogens (tertiary/aromatic N) is 4. The van der Waals surface area contributed by atoms with Gasteiger partial charge in [0.25, 0.3) is 0 Å². The summed E-state index contributed by atoms with van der Waals surface area (Å²) in [5.74, 6) is 0.969. The molecule has 0 atom stereocenters. The van der Waals surface area contributed by atoms with E-state index in [0.29, 0.717) is 23.5 Å². The summed E-state index contributed by atoms with van der Waals surface area (Å²) in [4.78, 5) is 25.4. The number of hydrogen-bond donors (Lipinski definition) is 1. The average Bonchev–Trinajstić information content (AvgIpc) is 2.79. The number of ether oxygens (including phenoxy) is 1. The Morgan fingerprint density at radius 1 is 1.23 bits per heavy atom. The zero-order valence-corrected chi connectivity index (χ0v) is 19.2. The summed E-state index contributed by atoms with van der Waals surface area (Å²) in [5.41, 5.74) is 1.22. The lowest BCUT2D eigenvalue weighted by atomic mass is 10.2. The van der Waals surface area contributed by atoms with E-state index >= 15 is 0 Å². The molecule has 166 valence electrons. The van der Waals surface area contributed by atoms with Gasteiger partial charge in [-0.3, -0.25) is 9.69 Å². The highest BCUT2D eigenvalue weighted by Gasteiger charge is 2.19. The Labute approximate surface area is 192 Å². The van der Waals surface area contributed by atoms with Gasteiger partial charge in [-0.15, -0.1) is 0 Å². The number of anilines is 1. The van der Waals surface area contributed by atoms with E-state index in [1.165, 1.54) is 17.3 Å². The van der Waals surface area contributed by atoms with Gasteiger partial charge >= 0.3 is 0 Å². The molecule has 0 spiro atoms. The average molecular weight is 462 g/mol. The van der Waals surface area contributed by atoms with Crippen LogP contribution in [0.5, 0.6) is 0 Å². The molecule has 1 fully saturated rings. The molecule has 31 heavy (non-hydrogen) atoms. The normalized spacial score (nSPS) is 14.8. The molecule has 9 heteroatoms. The summed E-state index contributed by atoms with van der Waals surface area (Å²) >= 11 is 7.50. The minimum absolute atomic E-state index is 0.0793. The van der Waals surface area contributed by atoms with E-state index in [0.717, 1.165) is 38.5 Å². The number of carbonyl (C=O) groups is 1. The summed E-state index contributed by atoms with van der Waals surface area (Å²) in [6, 6.07) is 12.1. The molecule has 0 aliphatic carbocycles. The first-order valence-electron chi connectivity index (χ1n) is 10.3. The SMILES string of the molecule is COCCNC(=O)CSc1nc(Cl)cc(N2CCN(CC=Cc3ccccc3)CC2)n1. The molecule has 1 saturated heterocycles. The van der Waals surface area contributed by atoms with E-state index in [1.807, 2.05) is 18.2 Å². The third kappa shape index (κ3) is 8.14. The molecule has 2 aromatic rings. The van der Waals surface area contributed by atoms with Crippen molar-refractivity contribution in [3.63, 3.8) is 0 Å². The standard InChI is InChI=1S/C22H28ClN5O2S/c1-30-15-9-24-21(29)17-31-22-25-19(23)16-20(26-22)28-13-11-27(12-14-28)10-5-8-18-6-3-2-4-7-18/h2-8,16H,9-15,17H2,1H3,(H,24,29). The number of piperazine rings is 1. The Bertz CT molecular complexity index is 860. The van der Waals surface area contributed by atoms with E-state index in [9.17, 15) is 4.79 Å². The number of thioether (sulfide) groups is 1. The number of methoxy groups -OCH3 is 1. The summed E-state index contributed by atoms with van der Waals surface area (Å²) in [7, 11) is 1.60.